The van der Waals surface area contributed by atoms with Crippen molar-refractivity contribution in [1.82, 2.24) is 10.2 Å². The molecule has 3 N–H and O–H groups in total. The number of aryl methyl sites for hydroxylation is 1. The Kier molecular flexibility index (Phi) is 7.63. The van der Waals surface area contributed by atoms with Crippen LogP contribution in [0, 0.1) is 5.92 Å². The molecule has 0 unspecified atom stereocenters. The van der Waals surface area contributed by atoms with Gasteiger partial charge in [-0.15, -0.1) is 0 Å². The van der Waals surface area contributed by atoms with Gasteiger partial charge in [0, 0.05) is 37.9 Å². The summed E-state index contributed by atoms with van der Waals surface area (Å²) in [5.74, 6) is -0.542. The van der Waals surface area contributed by atoms with Gasteiger partial charge in [-0.25, -0.2) is 0 Å². The van der Waals surface area contributed by atoms with E-state index in [1.165, 1.54) is 5.56 Å². The summed E-state index contributed by atoms with van der Waals surface area (Å²) in [7, 11) is 0. The first-order valence-corrected chi connectivity index (χ1v) is 9.36. The summed E-state index contributed by atoms with van der Waals surface area (Å²) < 4.78 is 0. The number of rotatable bonds is 8. The quantitative estimate of drug-likeness (QED) is 0.739. The number of benzene rings is 1. The van der Waals surface area contributed by atoms with E-state index in [0.717, 1.165) is 12.8 Å². The zero-order chi connectivity index (χ0) is 18.9. The molecule has 1 atom stereocenters. The summed E-state index contributed by atoms with van der Waals surface area (Å²) in [5.41, 5.74) is 6.55. The molecule has 0 aliphatic carbocycles. The van der Waals surface area contributed by atoms with Gasteiger partial charge < -0.3 is 16.0 Å². The van der Waals surface area contributed by atoms with Gasteiger partial charge in [-0.2, -0.15) is 0 Å². The second-order valence-electron chi connectivity index (χ2n) is 7.05. The highest BCUT2D eigenvalue weighted by Gasteiger charge is 2.25. The molecule has 0 aromatic heterocycles. The van der Waals surface area contributed by atoms with Gasteiger partial charge in [-0.05, 0) is 38.2 Å². The minimum Gasteiger partial charge on any atom is -0.369 e. The van der Waals surface area contributed by atoms with Gasteiger partial charge in [0.05, 0.1) is 0 Å². The molecular formula is C20H29N3O3. The number of carbonyl (C=O) groups excluding carboxylic acids is 3. The van der Waals surface area contributed by atoms with E-state index in [9.17, 15) is 14.4 Å². The van der Waals surface area contributed by atoms with Crippen molar-refractivity contribution in [3.63, 3.8) is 0 Å². The maximum absolute atomic E-state index is 12.2. The van der Waals surface area contributed by atoms with Crippen molar-refractivity contribution in [1.29, 1.82) is 0 Å². The molecule has 1 aromatic carbocycles. The van der Waals surface area contributed by atoms with Crippen molar-refractivity contribution in [2.24, 2.45) is 11.7 Å². The van der Waals surface area contributed by atoms with Crippen LogP contribution in [0.1, 0.15) is 44.6 Å². The number of likely N-dealkylation sites (tertiary alicyclic amines) is 1. The first-order valence-electron chi connectivity index (χ1n) is 9.36. The smallest absolute Gasteiger partial charge is 0.223 e. The van der Waals surface area contributed by atoms with Gasteiger partial charge in [0.2, 0.25) is 17.7 Å². The van der Waals surface area contributed by atoms with Crippen molar-refractivity contribution in [2.45, 2.75) is 51.5 Å². The van der Waals surface area contributed by atoms with E-state index in [1.807, 2.05) is 25.1 Å². The standard InChI is InChI=1S/C20H29N3O3/c1-15(7-8-16-5-3-2-4-6-16)22-18(24)9-10-19(25)23-13-11-17(12-14-23)20(21)26/h2-6,15,17H,7-14H2,1H3,(H2,21,26)(H,22,24)/t15-/m1/s1. The lowest BCUT2D eigenvalue weighted by Gasteiger charge is -2.30. The van der Waals surface area contributed by atoms with Crippen LogP contribution < -0.4 is 11.1 Å². The highest BCUT2D eigenvalue weighted by atomic mass is 16.2. The molecule has 0 bridgehead atoms. The molecule has 1 heterocycles. The first-order chi connectivity index (χ1) is 12.5. The Morgan fingerprint density at radius 3 is 2.42 bits per heavy atom. The van der Waals surface area contributed by atoms with Crippen LogP contribution in [0.5, 0.6) is 0 Å². The Balaban J connectivity index is 1.63. The van der Waals surface area contributed by atoms with E-state index in [1.54, 1.807) is 4.90 Å². The number of piperidine rings is 1. The summed E-state index contributed by atoms with van der Waals surface area (Å²) >= 11 is 0. The van der Waals surface area contributed by atoms with Crippen LogP contribution in [-0.4, -0.2) is 41.8 Å². The first kappa shape index (κ1) is 19.9. The van der Waals surface area contributed by atoms with Gasteiger partial charge in [0.1, 0.15) is 0 Å². The minimum atomic E-state index is -0.291. The zero-order valence-electron chi connectivity index (χ0n) is 15.4. The van der Waals surface area contributed by atoms with Crippen LogP contribution in [0.15, 0.2) is 30.3 Å². The van der Waals surface area contributed by atoms with E-state index < -0.39 is 0 Å². The molecule has 6 heteroatoms. The minimum absolute atomic E-state index is 0.0278. The molecule has 6 nitrogen and oxygen atoms in total. The lowest BCUT2D eigenvalue weighted by Crippen LogP contribution is -2.42. The van der Waals surface area contributed by atoms with Gasteiger partial charge in [-0.3, -0.25) is 14.4 Å². The largest absolute Gasteiger partial charge is 0.369 e. The molecule has 0 radical (unpaired) electrons. The zero-order valence-corrected chi connectivity index (χ0v) is 15.4. The molecule has 1 saturated heterocycles. The normalized spacial score (nSPS) is 16.1. The number of hydrogen-bond acceptors (Lipinski definition) is 3. The van der Waals surface area contributed by atoms with Gasteiger partial charge in [0.25, 0.3) is 0 Å². The predicted octanol–water partition coefficient (Wildman–Crippen LogP) is 1.63. The molecule has 0 spiro atoms. The molecule has 1 fully saturated rings. The van der Waals surface area contributed by atoms with E-state index >= 15 is 0 Å². The van der Waals surface area contributed by atoms with E-state index in [2.05, 4.69) is 17.4 Å². The fourth-order valence-electron chi connectivity index (χ4n) is 3.24. The van der Waals surface area contributed by atoms with Crippen LogP contribution >= 0.6 is 0 Å². The summed E-state index contributed by atoms with van der Waals surface area (Å²) in [5, 5.41) is 2.96. The Hall–Kier alpha value is -2.37. The number of nitrogens with one attached hydrogen (secondary N) is 1. The number of nitrogens with zero attached hydrogens (tertiary/aromatic N) is 1. The number of primary amides is 1. The maximum Gasteiger partial charge on any atom is 0.223 e. The fourth-order valence-corrected chi connectivity index (χ4v) is 3.24. The molecule has 26 heavy (non-hydrogen) atoms. The topological polar surface area (TPSA) is 92.5 Å². The van der Waals surface area contributed by atoms with E-state index in [0.29, 0.717) is 25.9 Å². The highest BCUT2D eigenvalue weighted by molar-refractivity contribution is 5.84. The summed E-state index contributed by atoms with van der Waals surface area (Å²) in [6, 6.07) is 10.2. The van der Waals surface area contributed by atoms with Gasteiger partial charge in [-0.1, -0.05) is 30.3 Å². The van der Waals surface area contributed by atoms with E-state index in [4.69, 9.17) is 5.73 Å². The predicted molar refractivity (Wildman–Crippen MR) is 100 cm³/mol. The van der Waals surface area contributed by atoms with Crippen molar-refractivity contribution >= 4 is 17.7 Å². The van der Waals surface area contributed by atoms with Crippen LogP contribution in [0.3, 0.4) is 0 Å². The molecule has 1 aliphatic rings. The highest BCUT2D eigenvalue weighted by Crippen LogP contribution is 2.17. The molecule has 2 rings (SSSR count). The summed E-state index contributed by atoms with van der Waals surface area (Å²) in [6.07, 6.45) is 3.41. The van der Waals surface area contributed by atoms with Crippen LogP contribution in [0.4, 0.5) is 0 Å². The third-order valence-electron chi connectivity index (χ3n) is 4.93. The average Bonchev–Trinajstić information content (AvgIpc) is 2.65. The Labute approximate surface area is 155 Å². The maximum atomic E-state index is 12.2. The summed E-state index contributed by atoms with van der Waals surface area (Å²) in [6.45, 7) is 3.07. The van der Waals surface area contributed by atoms with Crippen molar-refractivity contribution in [3.05, 3.63) is 35.9 Å². The number of hydrogen-bond donors (Lipinski definition) is 2. The number of carbonyl (C=O) groups is 3. The van der Waals surface area contributed by atoms with Gasteiger partial charge >= 0.3 is 0 Å². The Bertz CT molecular complexity index is 610. The number of amides is 3. The molecular weight excluding hydrogens is 330 g/mol. The second kappa shape index (κ2) is 9.94. The van der Waals surface area contributed by atoms with Crippen molar-refractivity contribution < 1.29 is 14.4 Å². The number of nitrogens with two attached hydrogens (primary N) is 1. The molecule has 1 aliphatic heterocycles. The molecule has 3 amide bonds. The average molecular weight is 359 g/mol. The van der Waals surface area contributed by atoms with Crippen LogP contribution in [-0.2, 0) is 20.8 Å². The van der Waals surface area contributed by atoms with Gasteiger partial charge in [0.15, 0.2) is 0 Å². The molecule has 0 saturated carbocycles. The molecule has 1 aromatic rings. The lowest BCUT2D eigenvalue weighted by atomic mass is 9.96. The monoisotopic (exact) mass is 359 g/mol. The third-order valence-corrected chi connectivity index (χ3v) is 4.93. The second-order valence-corrected chi connectivity index (χ2v) is 7.05. The lowest BCUT2D eigenvalue weighted by molar-refractivity contribution is -0.136. The van der Waals surface area contributed by atoms with Crippen LogP contribution in [0.25, 0.3) is 0 Å². The van der Waals surface area contributed by atoms with Crippen molar-refractivity contribution in [3.8, 4) is 0 Å². The summed E-state index contributed by atoms with van der Waals surface area (Å²) in [4.78, 5) is 37.1. The third kappa shape index (κ3) is 6.50. The Morgan fingerprint density at radius 1 is 1.15 bits per heavy atom. The SMILES string of the molecule is C[C@H](CCc1ccccc1)NC(=O)CCC(=O)N1CCC(C(N)=O)CC1. The fraction of sp³-hybridized carbons (Fsp3) is 0.550. The van der Waals surface area contributed by atoms with E-state index in [-0.39, 0.29) is 42.5 Å². The molecule has 142 valence electrons. The Morgan fingerprint density at radius 2 is 1.81 bits per heavy atom. The van der Waals surface area contributed by atoms with Crippen LogP contribution in [0.2, 0.25) is 0 Å². The van der Waals surface area contributed by atoms with Crippen molar-refractivity contribution in [2.75, 3.05) is 13.1 Å².